The second kappa shape index (κ2) is 7.26. The van der Waals surface area contributed by atoms with E-state index in [2.05, 4.69) is 10.3 Å². The third-order valence-corrected chi connectivity index (χ3v) is 4.05. The minimum atomic E-state index is -0.563. The number of aryl methyl sites for hydroxylation is 1. The fourth-order valence-corrected chi connectivity index (χ4v) is 2.77. The van der Waals surface area contributed by atoms with Crippen LogP contribution in [0.25, 0.3) is 11.0 Å². The first kappa shape index (κ1) is 17.5. The Morgan fingerprint density at radius 3 is 2.73 bits per heavy atom. The van der Waals surface area contributed by atoms with Crippen LogP contribution in [0.1, 0.15) is 11.1 Å². The highest BCUT2D eigenvalue weighted by Gasteiger charge is 2.18. The molecule has 1 amide bonds. The number of anilines is 1. The highest BCUT2D eigenvalue weighted by molar-refractivity contribution is 5.94. The molecule has 1 N–H and O–H groups in total. The first-order valence-corrected chi connectivity index (χ1v) is 7.91. The van der Waals surface area contributed by atoms with Crippen LogP contribution in [0.2, 0.25) is 0 Å². The van der Waals surface area contributed by atoms with Gasteiger partial charge in [-0.1, -0.05) is 0 Å². The van der Waals surface area contributed by atoms with Crippen molar-refractivity contribution in [1.29, 1.82) is 0 Å². The number of nitrogens with one attached hydrogen (secondary N) is 1. The molecule has 0 aliphatic heterocycles. The highest BCUT2D eigenvalue weighted by atomic mass is 16.5. The summed E-state index contributed by atoms with van der Waals surface area (Å²) in [5, 5.41) is 3.34. The molecule has 0 aliphatic rings. The maximum Gasteiger partial charge on any atom is 0.340 e. The predicted octanol–water partition coefficient (Wildman–Crippen LogP) is 2.69. The zero-order valence-corrected chi connectivity index (χ0v) is 14.7. The van der Waals surface area contributed by atoms with Crippen molar-refractivity contribution in [3.63, 3.8) is 0 Å². The van der Waals surface area contributed by atoms with Crippen molar-refractivity contribution in [1.82, 2.24) is 4.98 Å². The molecule has 0 radical (unpaired) electrons. The molecule has 0 unspecified atom stereocenters. The summed E-state index contributed by atoms with van der Waals surface area (Å²) in [5.74, 6) is 0.689. The van der Waals surface area contributed by atoms with E-state index in [1.165, 1.54) is 20.4 Å². The van der Waals surface area contributed by atoms with Gasteiger partial charge in [-0.15, -0.1) is 0 Å². The molecular weight excluding hydrogens is 336 g/mol. The molecule has 26 heavy (non-hydrogen) atoms. The summed E-state index contributed by atoms with van der Waals surface area (Å²) in [6.07, 6.45) is 3.02. The van der Waals surface area contributed by atoms with Crippen LogP contribution in [0.5, 0.6) is 11.5 Å². The molecular formula is C19H18N2O5. The number of carbonyl (C=O) groups is 1. The largest absolute Gasteiger partial charge is 0.496 e. The van der Waals surface area contributed by atoms with E-state index in [4.69, 9.17) is 13.9 Å². The monoisotopic (exact) mass is 354 g/mol. The first-order chi connectivity index (χ1) is 12.5. The van der Waals surface area contributed by atoms with Crippen molar-refractivity contribution in [3.05, 3.63) is 58.2 Å². The lowest BCUT2D eigenvalue weighted by Crippen LogP contribution is -2.20. The maximum atomic E-state index is 12.4. The van der Waals surface area contributed by atoms with E-state index in [0.717, 1.165) is 0 Å². The molecule has 0 bridgehead atoms. The third kappa shape index (κ3) is 3.37. The van der Waals surface area contributed by atoms with Gasteiger partial charge in [0.05, 0.1) is 43.5 Å². The Balaban J connectivity index is 2.01. The zero-order valence-electron chi connectivity index (χ0n) is 14.7. The van der Waals surface area contributed by atoms with Crippen molar-refractivity contribution in [2.45, 2.75) is 13.3 Å². The average molecular weight is 354 g/mol. The Morgan fingerprint density at radius 1 is 1.27 bits per heavy atom. The summed E-state index contributed by atoms with van der Waals surface area (Å²) >= 11 is 0. The van der Waals surface area contributed by atoms with E-state index in [-0.39, 0.29) is 17.9 Å². The quantitative estimate of drug-likeness (QED) is 0.709. The number of hydrogen-bond acceptors (Lipinski definition) is 6. The average Bonchev–Trinajstić information content (AvgIpc) is 2.64. The number of amides is 1. The van der Waals surface area contributed by atoms with E-state index in [0.29, 0.717) is 33.7 Å². The Bertz CT molecular complexity index is 1010. The van der Waals surface area contributed by atoms with Crippen LogP contribution in [0.3, 0.4) is 0 Å². The SMILES string of the molecule is COc1cc(OC)c2c(C)c(CC(=O)Nc3cccnc3)c(=O)oc2c1. The number of fused-ring (bicyclic) bond motifs is 1. The minimum Gasteiger partial charge on any atom is -0.496 e. The Labute approximate surface area is 149 Å². The molecule has 0 saturated heterocycles. The molecule has 3 rings (SSSR count). The third-order valence-electron chi connectivity index (χ3n) is 4.05. The molecule has 0 atom stereocenters. The van der Waals surface area contributed by atoms with Crippen LogP contribution in [-0.2, 0) is 11.2 Å². The minimum absolute atomic E-state index is 0.117. The second-order valence-electron chi connectivity index (χ2n) is 5.66. The molecule has 0 fully saturated rings. The number of nitrogens with zero attached hydrogens (tertiary/aromatic N) is 1. The van der Waals surface area contributed by atoms with Crippen LogP contribution in [-0.4, -0.2) is 25.1 Å². The number of methoxy groups -OCH3 is 2. The van der Waals surface area contributed by atoms with Gasteiger partial charge >= 0.3 is 5.63 Å². The summed E-state index contributed by atoms with van der Waals surface area (Å²) in [5.41, 5.74) is 1.26. The lowest BCUT2D eigenvalue weighted by molar-refractivity contribution is -0.115. The van der Waals surface area contributed by atoms with Gasteiger partial charge in [0, 0.05) is 18.3 Å². The van der Waals surface area contributed by atoms with Gasteiger partial charge in [0.1, 0.15) is 17.1 Å². The van der Waals surface area contributed by atoms with Gasteiger partial charge in [-0.2, -0.15) is 0 Å². The summed E-state index contributed by atoms with van der Waals surface area (Å²) in [6, 6.07) is 6.75. The van der Waals surface area contributed by atoms with Gasteiger partial charge < -0.3 is 19.2 Å². The van der Waals surface area contributed by atoms with Crippen molar-refractivity contribution in [3.8, 4) is 11.5 Å². The Morgan fingerprint density at radius 2 is 2.08 bits per heavy atom. The van der Waals surface area contributed by atoms with E-state index in [9.17, 15) is 9.59 Å². The number of pyridine rings is 1. The van der Waals surface area contributed by atoms with Crippen LogP contribution in [0.15, 0.2) is 45.9 Å². The Hall–Kier alpha value is -3.35. The van der Waals surface area contributed by atoms with E-state index in [1.54, 1.807) is 37.4 Å². The lowest BCUT2D eigenvalue weighted by Gasteiger charge is -2.12. The lowest BCUT2D eigenvalue weighted by atomic mass is 10.0. The number of benzene rings is 1. The molecule has 0 aliphatic carbocycles. The van der Waals surface area contributed by atoms with Gasteiger partial charge in [-0.25, -0.2) is 4.79 Å². The number of aromatic nitrogens is 1. The Kier molecular flexibility index (Phi) is 4.88. The van der Waals surface area contributed by atoms with Gasteiger partial charge in [0.25, 0.3) is 0 Å². The standard InChI is InChI=1S/C19H18N2O5/c1-11-14(9-17(22)21-12-5-4-6-20-10-12)19(23)26-16-8-13(24-2)7-15(25-3)18(11)16/h4-8,10H,9H2,1-3H3,(H,21,22). The molecule has 134 valence electrons. The van der Waals surface area contributed by atoms with E-state index >= 15 is 0 Å². The van der Waals surface area contributed by atoms with Gasteiger partial charge in [0.15, 0.2) is 0 Å². The van der Waals surface area contributed by atoms with E-state index < -0.39 is 5.63 Å². The first-order valence-electron chi connectivity index (χ1n) is 7.91. The number of rotatable bonds is 5. The van der Waals surface area contributed by atoms with Crippen LogP contribution < -0.4 is 20.4 Å². The zero-order chi connectivity index (χ0) is 18.7. The van der Waals surface area contributed by atoms with Gasteiger partial charge in [-0.05, 0) is 24.6 Å². The summed E-state index contributed by atoms with van der Waals surface area (Å²) < 4.78 is 16.0. The summed E-state index contributed by atoms with van der Waals surface area (Å²) in [4.78, 5) is 28.6. The fraction of sp³-hybridized carbons (Fsp3) is 0.211. The summed E-state index contributed by atoms with van der Waals surface area (Å²) in [7, 11) is 3.04. The predicted molar refractivity (Wildman–Crippen MR) is 96.9 cm³/mol. The molecule has 7 heteroatoms. The van der Waals surface area contributed by atoms with Crippen molar-refractivity contribution < 1.29 is 18.7 Å². The van der Waals surface area contributed by atoms with Crippen molar-refractivity contribution in [2.24, 2.45) is 0 Å². The number of hydrogen-bond donors (Lipinski definition) is 1. The van der Waals surface area contributed by atoms with E-state index in [1.807, 2.05) is 0 Å². The number of ether oxygens (including phenoxy) is 2. The van der Waals surface area contributed by atoms with Crippen molar-refractivity contribution in [2.75, 3.05) is 19.5 Å². The molecule has 7 nitrogen and oxygen atoms in total. The second-order valence-corrected chi connectivity index (χ2v) is 5.66. The summed E-state index contributed by atoms with van der Waals surface area (Å²) in [6.45, 7) is 1.76. The highest BCUT2D eigenvalue weighted by Crippen LogP contribution is 2.33. The van der Waals surface area contributed by atoms with Crippen molar-refractivity contribution >= 4 is 22.6 Å². The van der Waals surface area contributed by atoms with Gasteiger partial charge in [-0.3, -0.25) is 9.78 Å². The molecule has 3 aromatic rings. The fourth-order valence-electron chi connectivity index (χ4n) is 2.77. The molecule has 0 spiro atoms. The number of carbonyl (C=O) groups excluding carboxylic acids is 1. The molecule has 2 heterocycles. The topological polar surface area (TPSA) is 90.7 Å². The van der Waals surface area contributed by atoms with Crippen LogP contribution in [0, 0.1) is 6.92 Å². The maximum absolute atomic E-state index is 12.4. The molecule has 1 aromatic carbocycles. The molecule has 2 aromatic heterocycles. The van der Waals surface area contributed by atoms with Crippen LogP contribution >= 0.6 is 0 Å². The smallest absolute Gasteiger partial charge is 0.340 e. The van der Waals surface area contributed by atoms with Gasteiger partial charge in [0.2, 0.25) is 5.91 Å². The molecule has 0 saturated carbocycles. The van der Waals surface area contributed by atoms with Crippen LogP contribution in [0.4, 0.5) is 5.69 Å². The normalized spacial score (nSPS) is 10.6.